The summed E-state index contributed by atoms with van der Waals surface area (Å²) in [6.07, 6.45) is 1.65. The number of hydrogen-bond acceptors (Lipinski definition) is 3. The zero-order chi connectivity index (χ0) is 13.1. The largest absolute Gasteiger partial charge is 0.389 e. The summed E-state index contributed by atoms with van der Waals surface area (Å²) >= 11 is 0. The smallest absolute Gasteiger partial charge is 0.123 e. The van der Waals surface area contributed by atoms with Crippen molar-refractivity contribution in [2.45, 2.75) is 32.0 Å². The third-order valence-corrected chi connectivity index (χ3v) is 3.49. The average Bonchev–Trinajstić information content (AvgIpc) is 2.38. The first-order valence-electron chi connectivity index (χ1n) is 6.37. The molecule has 3 nitrogen and oxygen atoms in total. The molecule has 0 bridgehead atoms. The molecule has 2 atom stereocenters. The van der Waals surface area contributed by atoms with Crippen LogP contribution in [0.3, 0.4) is 0 Å². The van der Waals surface area contributed by atoms with Gasteiger partial charge in [0.15, 0.2) is 0 Å². The van der Waals surface area contributed by atoms with Crippen molar-refractivity contribution in [1.29, 1.82) is 0 Å². The lowest BCUT2D eigenvalue weighted by molar-refractivity contribution is 0.0891. The third kappa shape index (κ3) is 2.82. The molecule has 1 aliphatic rings. The van der Waals surface area contributed by atoms with E-state index in [1.54, 1.807) is 20.1 Å². The Morgan fingerprint density at radius 1 is 1.50 bits per heavy atom. The van der Waals surface area contributed by atoms with Crippen molar-refractivity contribution in [2.75, 3.05) is 25.1 Å². The predicted octanol–water partition coefficient (Wildman–Crippen LogP) is 2.49. The van der Waals surface area contributed by atoms with Gasteiger partial charge >= 0.3 is 0 Å². The molecular weight excluding hydrogens is 233 g/mol. The second-order valence-electron chi connectivity index (χ2n) is 4.83. The molecule has 1 aliphatic heterocycles. The Morgan fingerprint density at radius 2 is 2.28 bits per heavy atom. The zero-order valence-corrected chi connectivity index (χ0v) is 10.9. The van der Waals surface area contributed by atoms with Crippen LogP contribution in [0.5, 0.6) is 0 Å². The minimum Gasteiger partial charge on any atom is -0.389 e. The lowest BCUT2D eigenvalue weighted by atomic mass is 10.0. The molecule has 1 N–H and O–H groups in total. The molecule has 1 unspecified atom stereocenters. The molecule has 0 saturated carbocycles. The van der Waals surface area contributed by atoms with Crippen molar-refractivity contribution in [2.24, 2.45) is 0 Å². The molecule has 2 rings (SSSR count). The highest BCUT2D eigenvalue weighted by atomic mass is 19.1. The van der Waals surface area contributed by atoms with Gasteiger partial charge in [0.25, 0.3) is 0 Å². The van der Waals surface area contributed by atoms with E-state index < -0.39 is 6.10 Å². The van der Waals surface area contributed by atoms with E-state index in [1.807, 2.05) is 0 Å². The number of hydrogen-bond donors (Lipinski definition) is 1. The highest BCUT2D eigenvalue weighted by Gasteiger charge is 2.22. The van der Waals surface area contributed by atoms with Gasteiger partial charge in [-0.25, -0.2) is 4.39 Å². The Morgan fingerprint density at radius 3 is 2.94 bits per heavy atom. The highest BCUT2D eigenvalue weighted by molar-refractivity contribution is 5.55. The van der Waals surface area contributed by atoms with Gasteiger partial charge < -0.3 is 14.7 Å². The number of rotatable bonds is 3. The Balaban J connectivity index is 2.26. The molecule has 0 amide bonds. The van der Waals surface area contributed by atoms with Gasteiger partial charge in [0.2, 0.25) is 0 Å². The number of methoxy groups -OCH3 is 1. The maximum absolute atomic E-state index is 13.3. The van der Waals surface area contributed by atoms with Crippen molar-refractivity contribution >= 4 is 5.69 Å². The zero-order valence-electron chi connectivity index (χ0n) is 10.9. The van der Waals surface area contributed by atoms with Crippen LogP contribution in [-0.4, -0.2) is 31.4 Å². The van der Waals surface area contributed by atoms with Crippen molar-refractivity contribution in [3.05, 3.63) is 29.6 Å². The van der Waals surface area contributed by atoms with E-state index in [4.69, 9.17) is 4.74 Å². The normalized spacial score (nSPS) is 22.0. The monoisotopic (exact) mass is 253 g/mol. The molecular formula is C14H20FNO2. The first-order chi connectivity index (χ1) is 8.61. The van der Waals surface area contributed by atoms with Gasteiger partial charge in [-0.1, -0.05) is 0 Å². The van der Waals surface area contributed by atoms with Crippen LogP contribution < -0.4 is 4.90 Å². The topological polar surface area (TPSA) is 32.7 Å². The van der Waals surface area contributed by atoms with Gasteiger partial charge in [-0.05, 0) is 38.0 Å². The van der Waals surface area contributed by atoms with Crippen LogP contribution in [-0.2, 0) is 4.74 Å². The molecule has 18 heavy (non-hydrogen) atoms. The van der Waals surface area contributed by atoms with Crippen LogP contribution in [0.15, 0.2) is 18.2 Å². The van der Waals surface area contributed by atoms with Crippen molar-refractivity contribution in [3.8, 4) is 0 Å². The van der Waals surface area contributed by atoms with Crippen LogP contribution in [0.1, 0.15) is 31.4 Å². The summed E-state index contributed by atoms with van der Waals surface area (Å²) in [7, 11) is 1.72. The first-order valence-corrected chi connectivity index (χ1v) is 6.37. The summed E-state index contributed by atoms with van der Waals surface area (Å²) in [5.41, 5.74) is 1.56. The SMILES string of the molecule is COC1CCCN(c2ccc(F)cc2[C@@H](C)O)C1. The molecule has 1 heterocycles. The average molecular weight is 253 g/mol. The summed E-state index contributed by atoms with van der Waals surface area (Å²) < 4.78 is 18.7. The summed E-state index contributed by atoms with van der Waals surface area (Å²) in [5, 5.41) is 9.76. The molecule has 0 aromatic heterocycles. The van der Waals surface area contributed by atoms with Crippen LogP contribution >= 0.6 is 0 Å². The van der Waals surface area contributed by atoms with Gasteiger partial charge in [-0.3, -0.25) is 0 Å². The predicted molar refractivity (Wildman–Crippen MR) is 69.3 cm³/mol. The van der Waals surface area contributed by atoms with Crippen molar-refractivity contribution < 1.29 is 14.2 Å². The van der Waals surface area contributed by atoms with Gasteiger partial charge in [0, 0.05) is 31.5 Å². The van der Waals surface area contributed by atoms with Crippen LogP contribution in [0.25, 0.3) is 0 Å². The maximum Gasteiger partial charge on any atom is 0.123 e. The van der Waals surface area contributed by atoms with E-state index in [0.717, 1.165) is 31.6 Å². The Hall–Kier alpha value is -1.13. The molecule has 0 spiro atoms. The standard InChI is InChI=1S/C14H20FNO2/c1-10(17)13-8-11(15)5-6-14(13)16-7-3-4-12(9-16)18-2/h5-6,8,10,12,17H,3-4,7,9H2,1-2H3/t10-,12?/m1/s1. The molecule has 1 aromatic rings. The lowest BCUT2D eigenvalue weighted by Gasteiger charge is -2.35. The Bertz CT molecular complexity index is 409. The lowest BCUT2D eigenvalue weighted by Crippen LogP contribution is -2.39. The van der Waals surface area contributed by atoms with E-state index >= 15 is 0 Å². The van der Waals surface area contributed by atoms with E-state index in [0.29, 0.717) is 5.56 Å². The number of aliphatic hydroxyl groups excluding tert-OH is 1. The summed E-state index contributed by atoms with van der Waals surface area (Å²) in [4.78, 5) is 2.17. The third-order valence-electron chi connectivity index (χ3n) is 3.49. The fourth-order valence-electron chi connectivity index (χ4n) is 2.50. The molecule has 1 aromatic carbocycles. The van der Waals surface area contributed by atoms with E-state index in [-0.39, 0.29) is 11.9 Å². The second kappa shape index (κ2) is 5.67. The molecule has 4 heteroatoms. The van der Waals surface area contributed by atoms with Crippen LogP contribution in [0.2, 0.25) is 0 Å². The van der Waals surface area contributed by atoms with E-state index in [9.17, 15) is 9.50 Å². The van der Waals surface area contributed by atoms with Crippen molar-refractivity contribution in [1.82, 2.24) is 0 Å². The molecule has 100 valence electrons. The highest BCUT2D eigenvalue weighted by Crippen LogP contribution is 2.29. The number of nitrogens with zero attached hydrogens (tertiary/aromatic N) is 1. The fourth-order valence-corrected chi connectivity index (χ4v) is 2.50. The summed E-state index contributed by atoms with van der Waals surface area (Å²) in [5.74, 6) is -0.310. The molecule has 1 fully saturated rings. The number of aliphatic hydroxyl groups is 1. The summed E-state index contributed by atoms with van der Waals surface area (Å²) in [6, 6.07) is 4.60. The van der Waals surface area contributed by atoms with Gasteiger partial charge in [0.1, 0.15) is 5.82 Å². The minimum atomic E-state index is -0.668. The van der Waals surface area contributed by atoms with Gasteiger partial charge in [0.05, 0.1) is 12.2 Å². The first kappa shape index (κ1) is 13.3. The second-order valence-corrected chi connectivity index (χ2v) is 4.83. The van der Waals surface area contributed by atoms with Crippen LogP contribution in [0, 0.1) is 5.82 Å². The van der Waals surface area contributed by atoms with Gasteiger partial charge in [-0.15, -0.1) is 0 Å². The fraction of sp³-hybridized carbons (Fsp3) is 0.571. The van der Waals surface area contributed by atoms with E-state index in [2.05, 4.69) is 4.90 Å². The number of ether oxygens (including phenoxy) is 1. The Labute approximate surface area is 107 Å². The Kier molecular flexibility index (Phi) is 4.19. The van der Waals surface area contributed by atoms with Gasteiger partial charge in [-0.2, -0.15) is 0 Å². The molecule has 0 radical (unpaired) electrons. The molecule has 1 saturated heterocycles. The van der Waals surface area contributed by atoms with Crippen LogP contribution in [0.4, 0.5) is 10.1 Å². The van der Waals surface area contributed by atoms with Crippen molar-refractivity contribution in [3.63, 3.8) is 0 Å². The number of benzene rings is 1. The number of halogens is 1. The van der Waals surface area contributed by atoms with E-state index in [1.165, 1.54) is 12.1 Å². The minimum absolute atomic E-state index is 0.214. The summed E-state index contributed by atoms with van der Waals surface area (Å²) in [6.45, 7) is 3.38. The number of anilines is 1. The molecule has 0 aliphatic carbocycles. The quantitative estimate of drug-likeness (QED) is 0.898. The maximum atomic E-state index is 13.3. The number of piperidine rings is 1.